The van der Waals surface area contributed by atoms with Crippen LogP contribution in [0.3, 0.4) is 0 Å². The van der Waals surface area contributed by atoms with Crippen molar-refractivity contribution < 1.29 is 4.79 Å². The first-order chi connectivity index (χ1) is 6.92. The lowest BCUT2D eigenvalue weighted by Crippen LogP contribution is -2.36. The van der Waals surface area contributed by atoms with Crippen molar-refractivity contribution >= 4 is 5.78 Å². The summed E-state index contributed by atoms with van der Waals surface area (Å²) in [6, 6.07) is 0.0601. The third-order valence-corrected chi connectivity index (χ3v) is 2.78. The van der Waals surface area contributed by atoms with Gasteiger partial charge >= 0.3 is 0 Å². The zero-order chi connectivity index (χ0) is 12.4. The van der Waals surface area contributed by atoms with Gasteiger partial charge in [0, 0.05) is 5.92 Å². The molecule has 2 heteroatoms. The average Bonchev–Trinajstić information content (AvgIpc) is 2.25. The van der Waals surface area contributed by atoms with Crippen LogP contribution in [0.4, 0.5) is 0 Å². The molecule has 2 nitrogen and oxygen atoms in total. The Morgan fingerprint density at radius 2 is 1.47 bits per heavy atom. The first kappa shape index (κ1) is 17.0. The van der Waals surface area contributed by atoms with Gasteiger partial charge in [-0.15, -0.1) is 0 Å². The Kier molecular flexibility index (Phi) is 11.5. The Hall–Kier alpha value is -0.370. The number of hydrogen-bond donors (Lipinski definition) is 0. The summed E-state index contributed by atoms with van der Waals surface area (Å²) in [6.45, 7) is 10.3. The van der Waals surface area contributed by atoms with Gasteiger partial charge < -0.3 is 0 Å². The smallest absolute Gasteiger partial charge is 0.152 e. The van der Waals surface area contributed by atoms with E-state index in [0.717, 1.165) is 6.42 Å². The fourth-order valence-corrected chi connectivity index (χ4v) is 0.867. The molecule has 2 atom stereocenters. The Bertz CT molecular complexity index is 153. The number of ketones is 1. The fraction of sp³-hybridized carbons (Fsp3) is 0.923. The van der Waals surface area contributed by atoms with Crippen LogP contribution in [-0.2, 0) is 4.79 Å². The van der Waals surface area contributed by atoms with Crippen molar-refractivity contribution in [1.29, 1.82) is 0 Å². The molecule has 0 rings (SSSR count). The number of Topliss-reactive ketones (excluding diaryl/α,β-unsaturated/α-hetero) is 1. The monoisotopic (exact) mass is 215 g/mol. The molecule has 1 unspecified atom stereocenters. The molecule has 0 radical (unpaired) electrons. The molecule has 0 N–H and O–H groups in total. The highest BCUT2D eigenvalue weighted by atomic mass is 16.1. The third-order valence-electron chi connectivity index (χ3n) is 2.78. The molecule has 0 aliphatic heterocycles. The Morgan fingerprint density at radius 3 is 1.67 bits per heavy atom. The summed E-state index contributed by atoms with van der Waals surface area (Å²) in [7, 11) is 3.87. The van der Waals surface area contributed by atoms with Gasteiger partial charge in [0.2, 0.25) is 0 Å². The highest BCUT2D eigenvalue weighted by Crippen LogP contribution is 2.07. The molecule has 0 aliphatic carbocycles. The molecule has 0 aromatic carbocycles. The van der Waals surface area contributed by atoms with E-state index in [0.29, 0.717) is 5.78 Å². The molecule has 0 aromatic heterocycles. The van der Waals surface area contributed by atoms with Crippen molar-refractivity contribution in [2.24, 2.45) is 5.92 Å². The molecule has 0 fully saturated rings. The number of rotatable bonds is 5. The minimum atomic E-state index is 0.0601. The van der Waals surface area contributed by atoms with E-state index in [4.69, 9.17) is 0 Å². The summed E-state index contributed by atoms with van der Waals surface area (Å²) < 4.78 is 0. The van der Waals surface area contributed by atoms with Crippen molar-refractivity contribution in [2.45, 2.75) is 59.9 Å². The number of carbonyl (C=O) groups excluding carboxylic acids is 1. The van der Waals surface area contributed by atoms with Crippen molar-refractivity contribution in [3.8, 4) is 0 Å². The van der Waals surface area contributed by atoms with Gasteiger partial charge in [0.25, 0.3) is 0 Å². The van der Waals surface area contributed by atoms with Crippen LogP contribution in [-0.4, -0.2) is 30.8 Å². The predicted molar refractivity (Wildman–Crippen MR) is 68.2 cm³/mol. The standard InChI is InChI=1S/C9H19NO.C4H10/c1-6-7(2)9(11)8(3)10(4)5;1-3-4-2/h7-8H,6H2,1-5H3;3-4H2,1-2H3/t7?,8-;/m0./s1. The summed E-state index contributed by atoms with van der Waals surface area (Å²) in [6.07, 6.45) is 3.58. The zero-order valence-corrected chi connectivity index (χ0v) is 11.6. The highest BCUT2D eigenvalue weighted by Gasteiger charge is 2.19. The van der Waals surface area contributed by atoms with Crippen LogP contribution in [0.5, 0.6) is 0 Å². The van der Waals surface area contributed by atoms with Crippen molar-refractivity contribution in [1.82, 2.24) is 4.90 Å². The van der Waals surface area contributed by atoms with E-state index < -0.39 is 0 Å². The molecule has 0 saturated heterocycles. The Labute approximate surface area is 96.0 Å². The lowest BCUT2D eigenvalue weighted by molar-refractivity contribution is -0.126. The van der Waals surface area contributed by atoms with E-state index >= 15 is 0 Å². The number of carbonyl (C=O) groups is 1. The van der Waals surface area contributed by atoms with Crippen LogP contribution in [0.25, 0.3) is 0 Å². The quantitative estimate of drug-likeness (QED) is 0.701. The SMILES string of the molecule is CCC(C)C(=O)[C@H](C)N(C)C.CCCC. The first-order valence-corrected chi connectivity index (χ1v) is 6.12. The zero-order valence-electron chi connectivity index (χ0n) is 11.6. The molecular formula is C13H29NO. The first-order valence-electron chi connectivity index (χ1n) is 6.12. The molecule has 0 amide bonds. The van der Waals surface area contributed by atoms with Gasteiger partial charge in [-0.2, -0.15) is 0 Å². The van der Waals surface area contributed by atoms with Crippen molar-refractivity contribution in [2.75, 3.05) is 14.1 Å². The molecule has 0 bridgehead atoms. The molecule has 0 aliphatic rings. The number of unbranched alkanes of at least 4 members (excludes halogenated alkanes) is 1. The fourth-order valence-electron chi connectivity index (χ4n) is 0.867. The summed E-state index contributed by atoms with van der Waals surface area (Å²) >= 11 is 0. The van der Waals surface area contributed by atoms with Crippen LogP contribution in [0, 0.1) is 5.92 Å². The average molecular weight is 215 g/mol. The third kappa shape index (κ3) is 8.61. The van der Waals surface area contributed by atoms with Crippen LogP contribution in [0.15, 0.2) is 0 Å². The summed E-state index contributed by atoms with van der Waals surface area (Å²) in [4.78, 5) is 13.4. The van der Waals surface area contributed by atoms with Gasteiger partial charge in [0.15, 0.2) is 5.78 Å². The van der Waals surface area contributed by atoms with Crippen LogP contribution >= 0.6 is 0 Å². The van der Waals surface area contributed by atoms with Gasteiger partial charge in [-0.3, -0.25) is 9.69 Å². The highest BCUT2D eigenvalue weighted by molar-refractivity contribution is 5.85. The Balaban J connectivity index is 0. The molecule has 0 spiro atoms. The molecule has 0 aromatic rings. The topological polar surface area (TPSA) is 20.3 Å². The molecule has 0 heterocycles. The second kappa shape index (κ2) is 10.2. The van der Waals surface area contributed by atoms with Crippen molar-refractivity contribution in [3.63, 3.8) is 0 Å². The van der Waals surface area contributed by atoms with Crippen molar-refractivity contribution in [3.05, 3.63) is 0 Å². The van der Waals surface area contributed by atoms with E-state index in [1.54, 1.807) is 0 Å². The molecule has 15 heavy (non-hydrogen) atoms. The van der Waals surface area contributed by atoms with Gasteiger partial charge in [-0.25, -0.2) is 0 Å². The number of hydrogen-bond acceptors (Lipinski definition) is 2. The van der Waals surface area contributed by atoms with Crippen LogP contribution in [0.2, 0.25) is 0 Å². The largest absolute Gasteiger partial charge is 0.300 e. The lowest BCUT2D eigenvalue weighted by Gasteiger charge is -2.21. The molecule has 92 valence electrons. The predicted octanol–water partition coefficient (Wildman–Crippen LogP) is 3.36. The van der Waals surface area contributed by atoms with E-state index in [1.165, 1.54) is 12.8 Å². The molecule has 0 saturated carbocycles. The maximum atomic E-state index is 11.5. The summed E-state index contributed by atoms with van der Waals surface area (Å²) in [5.41, 5.74) is 0. The minimum Gasteiger partial charge on any atom is -0.300 e. The van der Waals surface area contributed by atoms with E-state index in [9.17, 15) is 4.79 Å². The van der Waals surface area contributed by atoms with E-state index in [2.05, 4.69) is 13.8 Å². The minimum absolute atomic E-state index is 0.0601. The Morgan fingerprint density at radius 1 is 1.07 bits per heavy atom. The maximum absolute atomic E-state index is 11.5. The lowest BCUT2D eigenvalue weighted by atomic mass is 9.98. The second-order valence-electron chi connectivity index (χ2n) is 4.35. The van der Waals surface area contributed by atoms with Gasteiger partial charge in [0.05, 0.1) is 6.04 Å². The van der Waals surface area contributed by atoms with E-state index in [1.807, 2.05) is 39.8 Å². The molecular weight excluding hydrogens is 186 g/mol. The summed E-state index contributed by atoms with van der Waals surface area (Å²) in [5.74, 6) is 0.546. The van der Waals surface area contributed by atoms with Crippen LogP contribution < -0.4 is 0 Å². The van der Waals surface area contributed by atoms with Gasteiger partial charge in [0.1, 0.15) is 0 Å². The maximum Gasteiger partial charge on any atom is 0.152 e. The normalized spacial score (nSPS) is 14.1. The summed E-state index contributed by atoms with van der Waals surface area (Å²) in [5, 5.41) is 0. The second-order valence-corrected chi connectivity index (χ2v) is 4.35. The number of likely N-dealkylation sites (N-methyl/N-ethyl adjacent to an activating group) is 1. The van der Waals surface area contributed by atoms with Gasteiger partial charge in [-0.1, -0.05) is 40.5 Å². The van der Waals surface area contributed by atoms with Crippen LogP contribution in [0.1, 0.15) is 53.9 Å². The van der Waals surface area contributed by atoms with E-state index in [-0.39, 0.29) is 12.0 Å². The number of nitrogens with zero attached hydrogens (tertiary/aromatic N) is 1. The van der Waals surface area contributed by atoms with Gasteiger partial charge in [-0.05, 0) is 27.4 Å².